The van der Waals surface area contributed by atoms with E-state index in [-0.39, 0.29) is 16.2 Å². The predicted molar refractivity (Wildman–Crippen MR) is 92.2 cm³/mol. The number of hydrogen-bond donors (Lipinski definition) is 2. The van der Waals surface area contributed by atoms with E-state index in [1.165, 1.54) is 36.0 Å². The molecule has 0 aromatic heterocycles. The summed E-state index contributed by atoms with van der Waals surface area (Å²) < 4.78 is 37.9. The summed E-state index contributed by atoms with van der Waals surface area (Å²) >= 11 is 1.21. The molecule has 0 saturated carbocycles. The first-order valence-corrected chi connectivity index (χ1v) is 9.86. The Morgan fingerprint density at radius 2 is 1.77 bits per heavy atom. The number of carboxylic acids is 1. The predicted octanol–water partition coefficient (Wildman–Crippen LogP) is 1.99. The lowest BCUT2D eigenvalue weighted by Crippen LogP contribution is -2.44. The van der Waals surface area contributed by atoms with E-state index in [2.05, 4.69) is 4.83 Å². The van der Waals surface area contributed by atoms with E-state index in [0.717, 1.165) is 29.3 Å². The van der Waals surface area contributed by atoms with Crippen LogP contribution in [0.2, 0.25) is 0 Å². The van der Waals surface area contributed by atoms with E-state index in [4.69, 9.17) is 5.11 Å². The molecule has 1 heterocycles. The molecule has 26 heavy (non-hydrogen) atoms. The Labute approximate surface area is 152 Å². The molecule has 1 aliphatic heterocycles. The quantitative estimate of drug-likeness (QED) is 0.801. The smallest absolute Gasteiger partial charge is 0.335 e. The number of nitrogens with zero attached hydrogens (tertiary/aromatic N) is 1. The van der Waals surface area contributed by atoms with E-state index in [9.17, 15) is 22.4 Å². The number of carbonyl (C=O) groups excluding carboxylic acids is 1. The van der Waals surface area contributed by atoms with Gasteiger partial charge in [-0.2, -0.15) is 0 Å². The Bertz CT molecular complexity index is 946. The minimum Gasteiger partial charge on any atom is -0.478 e. The van der Waals surface area contributed by atoms with Gasteiger partial charge < -0.3 is 5.11 Å². The molecule has 1 fully saturated rings. The van der Waals surface area contributed by atoms with Crippen LogP contribution in [0.25, 0.3) is 0 Å². The van der Waals surface area contributed by atoms with Gasteiger partial charge in [0, 0.05) is 0 Å². The minimum atomic E-state index is -4.07. The Kier molecular flexibility index (Phi) is 4.99. The maximum atomic E-state index is 13.0. The van der Waals surface area contributed by atoms with Gasteiger partial charge in [-0.1, -0.05) is 12.1 Å². The second-order valence-corrected chi connectivity index (χ2v) is 8.13. The highest BCUT2D eigenvalue weighted by Crippen LogP contribution is 2.37. The number of carbonyl (C=O) groups is 2. The third-order valence-electron chi connectivity index (χ3n) is 3.65. The molecule has 7 nitrogen and oxygen atoms in total. The van der Waals surface area contributed by atoms with Crippen LogP contribution in [0.15, 0.2) is 53.4 Å². The second-order valence-electron chi connectivity index (χ2n) is 5.40. The summed E-state index contributed by atoms with van der Waals surface area (Å²) in [5, 5.41) is 9.29. The Hall–Kier alpha value is -2.43. The normalized spacial score (nSPS) is 17.5. The summed E-state index contributed by atoms with van der Waals surface area (Å²) in [6, 6.07) is 10.0. The topological polar surface area (TPSA) is 104 Å². The SMILES string of the molecule is O=C(O)c1ccc([C@H]2SCC(=O)N2NS(=O)(=O)c2ccc(F)cc2)cc1. The number of carboxylic acid groups (broad SMARTS) is 1. The number of rotatable bonds is 5. The third kappa shape index (κ3) is 3.71. The molecule has 1 aliphatic rings. The van der Waals surface area contributed by atoms with Crippen LogP contribution in [0.4, 0.5) is 4.39 Å². The average Bonchev–Trinajstić information content (AvgIpc) is 2.95. The maximum absolute atomic E-state index is 13.0. The molecule has 0 spiro atoms. The van der Waals surface area contributed by atoms with Crippen molar-refractivity contribution in [3.8, 4) is 0 Å². The third-order valence-corrected chi connectivity index (χ3v) is 6.20. The number of hydrogen-bond acceptors (Lipinski definition) is 5. The van der Waals surface area contributed by atoms with Crippen molar-refractivity contribution < 1.29 is 27.5 Å². The number of thioether (sulfide) groups is 1. The molecule has 1 amide bonds. The van der Waals surface area contributed by atoms with Crippen LogP contribution in [0.5, 0.6) is 0 Å². The lowest BCUT2D eigenvalue weighted by Gasteiger charge is -2.24. The van der Waals surface area contributed by atoms with Crippen LogP contribution in [0.1, 0.15) is 21.3 Å². The van der Waals surface area contributed by atoms with Gasteiger partial charge >= 0.3 is 5.97 Å². The van der Waals surface area contributed by atoms with Crippen LogP contribution in [-0.2, 0) is 14.8 Å². The van der Waals surface area contributed by atoms with Gasteiger partial charge in [-0.25, -0.2) is 22.6 Å². The van der Waals surface area contributed by atoms with Crippen molar-refractivity contribution in [2.45, 2.75) is 10.3 Å². The number of halogens is 1. The maximum Gasteiger partial charge on any atom is 0.335 e. The van der Waals surface area contributed by atoms with Crippen molar-refractivity contribution in [2.24, 2.45) is 0 Å². The van der Waals surface area contributed by atoms with E-state index >= 15 is 0 Å². The molecular formula is C16H13FN2O5S2. The van der Waals surface area contributed by atoms with E-state index < -0.39 is 33.1 Å². The zero-order chi connectivity index (χ0) is 18.9. The second kappa shape index (κ2) is 7.06. The summed E-state index contributed by atoms with van der Waals surface area (Å²) in [5.41, 5.74) is 0.661. The molecule has 0 radical (unpaired) electrons. The van der Waals surface area contributed by atoms with E-state index in [1.54, 1.807) is 0 Å². The fraction of sp³-hybridized carbons (Fsp3) is 0.125. The van der Waals surface area contributed by atoms with Crippen LogP contribution < -0.4 is 4.83 Å². The highest BCUT2D eigenvalue weighted by molar-refractivity contribution is 8.00. The van der Waals surface area contributed by atoms with Gasteiger partial charge in [-0.05, 0) is 42.0 Å². The molecule has 2 N–H and O–H groups in total. The van der Waals surface area contributed by atoms with Crippen LogP contribution in [0.3, 0.4) is 0 Å². The van der Waals surface area contributed by atoms with Gasteiger partial charge in [-0.15, -0.1) is 16.6 Å². The number of amides is 1. The highest BCUT2D eigenvalue weighted by Gasteiger charge is 2.36. The fourth-order valence-corrected chi connectivity index (χ4v) is 4.60. The van der Waals surface area contributed by atoms with Gasteiger partial charge in [-0.3, -0.25) is 4.79 Å². The van der Waals surface area contributed by atoms with Gasteiger partial charge in [0.25, 0.3) is 10.0 Å². The first-order chi connectivity index (χ1) is 12.3. The summed E-state index contributed by atoms with van der Waals surface area (Å²) in [7, 11) is -4.07. The van der Waals surface area contributed by atoms with Crippen molar-refractivity contribution >= 4 is 33.7 Å². The monoisotopic (exact) mass is 396 g/mol. The summed E-state index contributed by atoms with van der Waals surface area (Å²) in [6.45, 7) is 0. The molecular weight excluding hydrogens is 383 g/mol. The van der Waals surface area contributed by atoms with Crippen molar-refractivity contribution in [1.29, 1.82) is 0 Å². The molecule has 0 bridgehead atoms. The van der Waals surface area contributed by atoms with Crippen molar-refractivity contribution in [2.75, 3.05) is 5.75 Å². The Morgan fingerprint density at radius 1 is 1.15 bits per heavy atom. The molecule has 1 atom stereocenters. The number of aromatic carboxylic acids is 1. The van der Waals surface area contributed by atoms with Gasteiger partial charge in [0.15, 0.2) is 0 Å². The Morgan fingerprint density at radius 3 is 2.35 bits per heavy atom. The molecule has 0 aliphatic carbocycles. The molecule has 3 rings (SSSR count). The van der Waals surface area contributed by atoms with Crippen molar-refractivity contribution in [3.05, 3.63) is 65.5 Å². The number of benzene rings is 2. The first-order valence-electron chi connectivity index (χ1n) is 7.33. The number of nitrogens with one attached hydrogen (secondary N) is 1. The fourth-order valence-electron chi connectivity index (χ4n) is 2.36. The van der Waals surface area contributed by atoms with Crippen LogP contribution in [-0.4, -0.2) is 36.2 Å². The van der Waals surface area contributed by atoms with E-state index in [1.807, 2.05) is 0 Å². The van der Waals surface area contributed by atoms with E-state index in [0.29, 0.717) is 5.56 Å². The van der Waals surface area contributed by atoms with Gasteiger partial charge in [0.1, 0.15) is 11.2 Å². The standard InChI is InChI=1S/C16H13FN2O5S2/c17-12-5-7-13(8-6-12)26(23,24)18-19-14(20)9-25-15(19)10-1-3-11(4-2-10)16(21)22/h1-8,15,18H,9H2,(H,21,22)/t15-/m1/s1. The molecule has 136 valence electrons. The van der Waals surface area contributed by atoms with Gasteiger partial charge in [0.05, 0.1) is 16.2 Å². The lowest BCUT2D eigenvalue weighted by molar-refractivity contribution is -0.129. The minimum absolute atomic E-state index is 0.0668. The highest BCUT2D eigenvalue weighted by atomic mass is 32.2. The molecule has 0 unspecified atom stereocenters. The molecule has 2 aromatic carbocycles. The average molecular weight is 396 g/mol. The number of hydrazine groups is 1. The van der Waals surface area contributed by atoms with Crippen molar-refractivity contribution in [1.82, 2.24) is 9.84 Å². The number of sulfonamides is 1. The molecule has 1 saturated heterocycles. The summed E-state index contributed by atoms with van der Waals surface area (Å²) in [6.07, 6.45) is 0. The van der Waals surface area contributed by atoms with Crippen molar-refractivity contribution in [3.63, 3.8) is 0 Å². The largest absolute Gasteiger partial charge is 0.478 e. The lowest BCUT2D eigenvalue weighted by atomic mass is 10.1. The van der Waals surface area contributed by atoms with Crippen LogP contribution in [0, 0.1) is 5.82 Å². The Balaban J connectivity index is 1.86. The van der Waals surface area contributed by atoms with Gasteiger partial charge in [0.2, 0.25) is 5.91 Å². The molecule has 10 heteroatoms. The zero-order valence-electron chi connectivity index (χ0n) is 13.1. The first kappa shape index (κ1) is 18.4. The summed E-state index contributed by atoms with van der Waals surface area (Å²) in [5.74, 6) is -2.03. The summed E-state index contributed by atoms with van der Waals surface area (Å²) in [4.78, 5) is 25.1. The van der Waals surface area contributed by atoms with Crippen LogP contribution >= 0.6 is 11.8 Å². The molecule has 2 aromatic rings. The zero-order valence-corrected chi connectivity index (χ0v) is 14.8.